The second kappa shape index (κ2) is 3.69. The van der Waals surface area contributed by atoms with Gasteiger partial charge < -0.3 is 10.3 Å². The number of hydroxylamine groups is 1. The lowest BCUT2D eigenvalue weighted by atomic mass is 9.86. The van der Waals surface area contributed by atoms with Crippen LogP contribution in [0.1, 0.15) is 25.7 Å². The Balaban J connectivity index is 2.39. The molecule has 1 saturated carbocycles. The maximum Gasteiger partial charge on any atom is 0.306 e. The van der Waals surface area contributed by atoms with Crippen LogP contribution < -0.4 is 5.48 Å². The summed E-state index contributed by atoms with van der Waals surface area (Å²) in [6.07, 6.45) is 3.05. The lowest BCUT2D eigenvalue weighted by Crippen LogP contribution is -2.34. The second-order valence-electron chi connectivity index (χ2n) is 3.03. The van der Waals surface area contributed by atoms with Gasteiger partial charge in [-0.2, -0.15) is 0 Å². The van der Waals surface area contributed by atoms with E-state index in [0.29, 0.717) is 6.42 Å². The van der Waals surface area contributed by atoms with Gasteiger partial charge in [-0.25, -0.2) is 5.48 Å². The predicted molar refractivity (Wildman–Crippen MR) is 38.3 cm³/mol. The molecular weight excluding hydrogens is 146 g/mol. The summed E-state index contributed by atoms with van der Waals surface area (Å²) in [4.78, 5) is 10.5. The Kier molecular flexibility index (Phi) is 2.84. The first kappa shape index (κ1) is 8.49. The van der Waals surface area contributed by atoms with Crippen LogP contribution in [0.5, 0.6) is 0 Å². The van der Waals surface area contributed by atoms with Gasteiger partial charge in [0.2, 0.25) is 0 Å². The largest absolute Gasteiger partial charge is 0.481 e. The minimum Gasteiger partial charge on any atom is -0.481 e. The Bertz CT molecular complexity index is 149. The van der Waals surface area contributed by atoms with Gasteiger partial charge in [0.15, 0.2) is 0 Å². The van der Waals surface area contributed by atoms with E-state index in [-0.39, 0.29) is 12.0 Å². The van der Waals surface area contributed by atoms with E-state index in [9.17, 15) is 4.79 Å². The van der Waals surface area contributed by atoms with Crippen molar-refractivity contribution in [1.29, 1.82) is 0 Å². The SMILES string of the molecule is O=C(O)C1CCCC(NO)C1. The Morgan fingerprint density at radius 2 is 2.18 bits per heavy atom. The number of hydrogen-bond acceptors (Lipinski definition) is 3. The molecule has 0 spiro atoms. The first-order chi connectivity index (χ1) is 5.24. The molecule has 0 aromatic rings. The van der Waals surface area contributed by atoms with Crippen molar-refractivity contribution in [1.82, 2.24) is 5.48 Å². The van der Waals surface area contributed by atoms with E-state index in [0.717, 1.165) is 19.3 Å². The fourth-order valence-corrected chi connectivity index (χ4v) is 1.53. The van der Waals surface area contributed by atoms with Crippen LogP contribution in [-0.4, -0.2) is 22.3 Å². The minimum atomic E-state index is -0.745. The maximum atomic E-state index is 10.5. The normalized spacial score (nSPS) is 31.7. The van der Waals surface area contributed by atoms with E-state index >= 15 is 0 Å². The molecule has 2 atom stereocenters. The van der Waals surface area contributed by atoms with Crippen molar-refractivity contribution < 1.29 is 15.1 Å². The summed E-state index contributed by atoms with van der Waals surface area (Å²) in [5, 5.41) is 17.2. The molecule has 1 fully saturated rings. The zero-order valence-corrected chi connectivity index (χ0v) is 6.29. The van der Waals surface area contributed by atoms with Crippen molar-refractivity contribution in [3.8, 4) is 0 Å². The summed E-state index contributed by atoms with van der Waals surface area (Å²) < 4.78 is 0. The van der Waals surface area contributed by atoms with Gasteiger partial charge in [0.1, 0.15) is 0 Å². The molecule has 0 heterocycles. The summed E-state index contributed by atoms with van der Waals surface area (Å²) in [6, 6.07) is -0.0233. The quantitative estimate of drug-likeness (QED) is 0.516. The Hall–Kier alpha value is -0.610. The highest BCUT2D eigenvalue weighted by atomic mass is 16.5. The topological polar surface area (TPSA) is 69.6 Å². The number of hydrogen-bond donors (Lipinski definition) is 3. The highest BCUT2D eigenvalue weighted by molar-refractivity contribution is 5.70. The summed E-state index contributed by atoms with van der Waals surface area (Å²) in [5.41, 5.74) is 2.13. The lowest BCUT2D eigenvalue weighted by molar-refractivity contribution is -0.143. The number of carboxylic acids is 1. The molecule has 2 unspecified atom stereocenters. The van der Waals surface area contributed by atoms with Gasteiger partial charge in [0, 0.05) is 6.04 Å². The molecule has 0 saturated heterocycles. The van der Waals surface area contributed by atoms with Crippen LogP contribution in [-0.2, 0) is 4.79 Å². The molecule has 0 aliphatic heterocycles. The van der Waals surface area contributed by atoms with Crippen molar-refractivity contribution >= 4 is 5.97 Å². The zero-order chi connectivity index (χ0) is 8.27. The standard InChI is InChI=1S/C7H13NO3/c9-7(10)5-2-1-3-6(4-5)8-11/h5-6,8,11H,1-4H2,(H,9,10). The number of carboxylic acid groups (broad SMARTS) is 1. The van der Waals surface area contributed by atoms with Crippen molar-refractivity contribution in [2.45, 2.75) is 31.7 Å². The van der Waals surface area contributed by atoms with Crippen molar-refractivity contribution in [3.63, 3.8) is 0 Å². The highest BCUT2D eigenvalue weighted by Gasteiger charge is 2.26. The number of nitrogens with one attached hydrogen (secondary N) is 1. The van der Waals surface area contributed by atoms with E-state index in [1.807, 2.05) is 0 Å². The third-order valence-electron chi connectivity index (χ3n) is 2.21. The van der Waals surface area contributed by atoms with Gasteiger partial charge in [-0.15, -0.1) is 0 Å². The average molecular weight is 159 g/mol. The summed E-state index contributed by atoms with van der Waals surface area (Å²) >= 11 is 0. The molecule has 0 aromatic carbocycles. The monoisotopic (exact) mass is 159 g/mol. The molecule has 0 bridgehead atoms. The molecule has 64 valence electrons. The molecule has 4 heteroatoms. The van der Waals surface area contributed by atoms with Crippen LogP contribution >= 0.6 is 0 Å². The van der Waals surface area contributed by atoms with Crippen LogP contribution in [0.3, 0.4) is 0 Å². The van der Waals surface area contributed by atoms with Gasteiger partial charge >= 0.3 is 5.97 Å². The molecule has 1 aliphatic carbocycles. The van der Waals surface area contributed by atoms with Gasteiger partial charge in [-0.1, -0.05) is 6.42 Å². The van der Waals surface area contributed by atoms with Crippen LogP contribution in [0.4, 0.5) is 0 Å². The van der Waals surface area contributed by atoms with E-state index in [1.165, 1.54) is 0 Å². The Morgan fingerprint density at radius 3 is 2.73 bits per heavy atom. The molecular formula is C7H13NO3. The van der Waals surface area contributed by atoms with E-state index < -0.39 is 5.97 Å². The fraction of sp³-hybridized carbons (Fsp3) is 0.857. The summed E-state index contributed by atoms with van der Waals surface area (Å²) in [7, 11) is 0. The third-order valence-corrected chi connectivity index (χ3v) is 2.21. The van der Waals surface area contributed by atoms with Gasteiger partial charge in [-0.05, 0) is 19.3 Å². The highest BCUT2D eigenvalue weighted by Crippen LogP contribution is 2.23. The predicted octanol–water partition coefficient (Wildman–Crippen LogP) is 0.609. The fourth-order valence-electron chi connectivity index (χ4n) is 1.53. The minimum absolute atomic E-state index is 0.0233. The van der Waals surface area contributed by atoms with E-state index in [1.54, 1.807) is 0 Å². The van der Waals surface area contributed by atoms with E-state index in [2.05, 4.69) is 5.48 Å². The van der Waals surface area contributed by atoms with Crippen LogP contribution in [0, 0.1) is 5.92 Å². The summed E-state index contributed by atoms with van der Waals surface area (Å²) in [6.45, 7) is 0. The van der Waals surface area contributed by atoms with Crippen LogP contribution in [0.2, 0.25) is 0 Å². The third kappa shape index (κ3) is 2.17. The smallest absolute Gasteiger partial charge is 0.306 e. The average Bonchev–Trinajstić information content (AvgIpc) is 2.05. The summed E-state index contributed by atoms with van der Waals surface area (Å²) in [5.74, 6) is -1.02. The molecule has 1 rings (SSSR count). The van der Waals surface area contributed by atoms with Crippen LogP contribution in [0.25, 0.3) is 0 Å². The van der Waals surface area contributed by atoms with E-state index in [4.69, 9.17) is 10.3 Å². The number of rotatable bonds is 2. The van der Waals surface area contributed by atoms with Gasteiger partial charge in [0.05, 0.1) is 5.92 Å². The zero-order valence-electron chi connectivity index (χ0n) is 6.29. The molecule has 3 N–H and O–H groups in total. The first-order valence-electron chi connectivity index (χ1n) is 3.86. The van der Waals surface area contributed by atoms with Crippen molar-refractivity contribution in [2.75, 3.05) is 0 Å². The lowest BCUT2D eigenvalue weighted by Gasteiger charge is -2.24. The number of aliphatic carboxylic acids is 1. The maximum absolute atomic E-state index is 10.5. The van der Waals surface area contributed by atoms with Crippen molar-refractivity contribution in [2.24, 2.45) is 5.92 Å². The number of carbonyl (C=O) groups is 1. The first-order valence-corrected chi connectivity index (χ1v) is 3.86. The van der Waals surface area contributed by atoms with Gasteiger partial charge in [-0.3, -0.25) is 4.79 Å². The molecule has 0 radical (unpaired) electrons. The molecule has 1 aliphatic rings. The Morgan fingerprint density at radius 1 is 1.45 bits per heavy atom. The molecule has 11 heavy (non-hydrogen) atoms. The molecule has 0 aromatic heterocycles. The second-order valence-corrected chi connectivity index (χ2v) is 3.03. The molecule has 0 amide bonds. The Labute approximate surface area is 65.2 Å². The molecule has 4 nitrogen and oxygen atoms in total. The van der Waals surface area contributed by atoms with Crippen LogP contribution in [0.15, 0.2) is 0 Å². The van der Waals surface area contributed by atoms with Gasteiger partial charge in [0.25, 0.3) is 0 Å². The van der Waals surface area contributed by atoms with Crippen molar-refractivity contribution in [3.05, 3.63) is 0 Å².